The lowest BCUT2D eigenvalue weighted by molar-refractivity contribution is -0.136. The second kappa shape index (κ2) is 9.71. The number of alkyl carbamates (subject to hydrolysis) is 1. The lowest BCUT2D eigenvalue weighted by Gasteiger charge is -2.35. The molecule has 188 valence electrons. The molecule has 35 heavy (non-hydrogen) atoms. The van der Waals surface area contributed by atoms with Gasteiger partial charge < -0.3 is 19.9 Å². The van der Waals surface area contributed by atoms with Gasteiger partial charge in [0.05, 0.1) is 12.2 Å². The summed E-state index contributed by atoms with van der Waals surface area (Å²) in [5.74, 6) is -0.425. The highest BCUT2D eigenvalue weighted by atomic mass is 19.1. The average Bonchev–Trinajstić information content (AvgIpc) is 3.42. The zero-order valence-electron chi connectivity index (χ0n) is 21.0. The molecular weight excluding hydrogens is 449 g/mol. The Kier molecular flexibility index (Phi) is 6.87. The smallest absolute Gasteiger partial charge is 0.408 e. The van der Waals surface area contributed by atoms with Crippen molar-refractivity contribution in [1.29, 1.82) is 0 Å². The molecule has 3 heterocycles. The molecule has 1 atom stereocenters. The minimum Gasteiger partial charge on any atom is -0.444 e. The Bertz CT molecular complexity index is 1200. The Morgan fingerprint density at radius 1 is 1.23 bits per heavy atom. The second-order valence-electron chi connectivity index (χ2n) is 10.5. The molecule has 1 saturated heterocycles. The van der Waals surface area contributed by atoms with Gasteiger partial charge in [0, 0.05) is 47.5 Å². The predicted molar refractivity (Wildman–Crippen MR) is 132 cm³/mol. The maximum atomic E-state index is 13.5. The van der Waals surface area contributed by atoms with Gasteiger partial charge in [0.15, 0.2) is 0 Å². The molecule has 0 unspecified atom stereocenters. The van der Waals surface area contributed by atoms with Crippen molar-refractivity contribution < 1.29 is 18.7 Å². The number of carbonyl (C=O) groups excluding carboxylic acids is 2. The van der Waals surface area contributed by atoms with Gasteiger partial charge in [0.1, 0.15) is 17.5 Å². The van der Waals surface area contributed by atoms with Gasteiger partial charge in [-0.1, -0.05) is 13.8 Å². The number of H-pyrrole nitrogens is 1. The molecule has 9 heteroatoms. The van der Waals surface area contributed by atoms with E-state index in [9.17, 15) is 14.0 Å². The third kappa shape index (κ3) is 5.66. The summed E-state index contributed by atoms with van der Waals surface area (Å²) in [5.41, 5.74) is 2.06. The van der Waals surface area contributed by atoms with E-state index in [1.165, 1.54) is 12.1 Å². The second-order valence-corrected chi connectivity index (χ2v) is 10.5. The fourth-order valence-corrected chi connectivity index (χ4v) is 4.51. The zero-order valence-corrected chi connectivity index (χ0v) is 21.0. The van der Waals surface area contributed by atoms with Crippen LogP contribution in [-0.2, 0) is 9.53 Å². The number of ether oxygens (including phenoxy) is 1. The zero-order chi connectivity index (χ0) is 25.3. The molecule has 2 amide bonds. The monoisotopic (exact) mass is 483 g/mol. The van der Waals surface area contributed by atoms with Crippen LogP contribution in [0.4, 0.5) is 9.18 Å². The van der Waals surface area contributed by atoms with Crippen molar-refractivity contribution in [3.05, 3.63) is 42.6 Å². The number of likely N-dealkylation sites (tertiary alicyclic amines) is 1. The number of rotatable bonds is 5. The summed E-state index contributed by atoms with van der Waals surface area (Å²) in [7, 11) is 0. The van der Waals surface area contributed by atoms with Gasteiger partial charge in [-0.15, -0.1) is 0 Å². The van der Waals surface area contributed by atoms with Crippen LogP contribution in [0.15, 0.2) is 36.8 Å². The lowest BCUT2D eigenvalue weighted by atomic mass is 9.99. The summed E-state index contributed by atoms with van der Waals surface area (Å²) < 4.78 is 20.8. The molecule has 2 aromatic heterocycles. The molecule has 1 aromatic carbocycles. The van der Waals surface area contributed by atoms with Gasteiger partial charge in [-0.25, -0.2) is 9.18 Å². The van der Waals surface area contributed by atoms with Crippen LogP contribution < -0.4 is 5.32 Å². The Balaban J connectivity index is 1.39. The van der Waals surface area contributed by atoms with Crippen molar-refractivity contribution in [3.8, 4) is 11.1 Å². The van der Waals surface area contributed by atoms with E-state index in [4.69, 9.17) is 4.74 Å². The van der Waals surface area contributed by atoms with Crippen LogP contribution >= 0.6 is 0 Å². The first-order valence-corrected chi connectivity index (χ1v) is 12.1. The first kappa shape index (κ1) is 24.8. The van der Waals surface area contributed by atoms with E-state index in [-0.39, 0.29) is 23.7 Å². The number of hydrogen-bond acceptors (Lipinski definition) is 4. The van der Waals surface area contributed by atoms with Crippen molar-refractivity contribution in [3.63, 3.8) is 0 Å². The highest BCUT2D eigenvalue weighted by Gasteiger charge is 2.33. The molecule has 2 N–H and O–H groups in total. The normalized spacial score (nSPS) is 16.0. The van der Waals surface area contributed by atoms with E-state index >= 15 is 0 Å². The lowest BCUT2D eigenvalue weighted by Crippen LogP contribution is -2.53. The number of benzene rings is 1. The van der Waals surface area contributed by atoms with Crippen LogP contribution in [0.5, 0.6) is 0 Å². The number of halogens is 1. The summed E-state index contributed by atoms with van der Waals surface area (Å²) >= 11 is 0. The average molecular weight is 484 g/mol. The van der Waals surface area contributed by atoms with Gasteiger partial charge in [0.2, 0.25) is 5.91 Å². The van der Waals surface area contributed by atoms with E-state index < -0.39 is 17.7 Å². The highest BCUT2D eigenvalue weighted by molar-refractivity contribution is 5.95. The SMILES string of the molecule is CC(C)[C@@H](NC(=O)OC(C)(C)C)C(=O)N1CCC(n2cc(-c3c[nH]c4cc(F)ccc34)cn2)CC1. The molecule has 3 aromatic rings. The van der Waals surface area contributed by atoms with Crippen LogP contribution in [0.2, 0.25) is 0 Å². The number of aromatic amines is 1. The van der Waals surface area contributed by atoms with E-state index in [0.29, 0.717) is 13.1 Å². The van der Waals surface area contributed by atoms with Crippen LogP contribution in [0.3, 0.4) is 0 Å². The van der Waals surface area contributed by atoms with Crippen molar-refractivity contribution >= 4 is 22.9 Å². The van der Waals surface area contributed by atoms with E-state index in [2.05, 4.69) is 15.4 Å². The van der Waals surface area contributed by atoms with E-state index in [0.717, 1.165) is 34.9 Å². The number of nitrogens with zero attached hydrogens (tertiary/aromatic N) is 3. The Morgan fingerprint density at radius 2 is 1.94 bits per heavy atom. The third-order valence-electron chi connectivity index (χ3n) is 6.31. The minimum atomic E-state index is -0.635. The molecule has 0 bridgehead atoms. The van der Waals surface area contributed by atoms with Crippen LogP contribution in [0.25, 0.3) is 22.0 Å². The summed E-state index contributed by atoms with van der Waals surface area (Å²) in [5, 5.41) is 8.28. The van der Waals surface area contributed by atoms with Crippen LogP contribution in [0, 0.1) is 11.7 Å². The minimum absolute atomic E-state index is 0.0638. The fraction of sp³-hybridized carbons (Fsp3) is 0.500. The summed E-state index contributed by atoms with van der Waals surface area (Å²) in [6.07, 6.45) is 6.66. The molecule has 8 nitrogen and oxygen atoms in total. The van der Waals surface area contributed by atoms with Crippen molar-refractivity contribution in [1.82, 2.24) is 25.0 Å². The maximum absolute atomic E-state index is 13.5. The van der Waals surface area contributed by atoms with Gasteiger partial charge >= 0.3 is 6.09 Å². The summed E-state index contributed by atoms with van der Waals surface area (Å²) in [6.45, 7) is 10.4. The Labute approximate surface area is 204 Å². The first-order valence-electron chi connectivity index (χ1n) is 12.1. The molecule has 1 aliphatic rings. The standard InChI is InChI=1S/C26H34FN5O3/c1-16(2)23(30-25(34)35-26(3,4)5)24(33)31-10-8-19(9-11-31)32-15-17(13-29-32)21-14-28-22-12-18(27)6-7-20(21)22/h6-7,12-16,19,23,28H,8-11H2,1-5H3,(H,30,34)/t23-/m1/s1. The molecule has 0 aliphatic carbocycles. The van der Waals surface area contributed by atoms with Gasteiger partial charge in [-0.05, 0) is 57.7 Å². The topological polar surface area (TPSA) is 92.2 Å². The number of carbonyl (C=O) groups is 2. The van der Waals surface area contributed by atoms with Gasteiger partial charge in [-0.3, -0.25) is 9.48 Å². The molecule has 4 rings (SSSR count). The summed E-state index contributed by atoms with van der Waals surface area (Å²) in [6, 6.07) is 4.25. The fourth-order valence-electron chi connectivity index (χ4n) is 4.51. The molecule has 0 spiro atoms. The van der Waals surface area contributed by atoms with Crippen molar-refractivity contribution in [2.24, 2.45) is 5.92 Å². The first-order chi connectivity index (χ1) is 16.5. The number of amides is 2. The number of hydrogen-bond donors (Lipinski definition) is 2. The maximum Gasteiger partial charge on any atom is 0.408 e. The Morgan fingerprint density at radius 3 is 2.60 bits per heavy atom. The van der Waals surface area contributed by atoms with Crippen LogP contribution in [-0.4, -0.2) is 56.4 Å². The largest absolute Gasteiger partial charge is 0.444 e. The summed E-state index contributed by atoms with van der Waals surface area (Å²) in [4.78, 5) is 30.4. The van der Waals surface area contributed by atoms with Crippen LogP contribution in [0.1, 0.15) is 53.5 Å². The molecule has 0 radical (unpaired) electrons. The number of piperidine rings is 1. The van der Waals surface area contributed by atoms with E-state index in [1.54, 1.807) is 26.8 Å². The van der Waals surface area contributed by atoms with Gasteiger partial charge in [0.25, 0.3) is 0 Å². The highest BCUT2D eigenvalue weighted by Crippen LogP contribution is 2.31. The Hall–Kier alpha value is -3.36. The molecule has 1 fully saturated rings. The third-order valence-corrected chi connectivity index (χ3v) is 6.31. The quantitative estimate of drug-likeness (QED) is 0.541. The number of fused-ring (bicyclic) bond motifs is 1. The number of nitrogens with one attached hydrogen (secondary N) is 2. The van der Waals surface area contributed by atoms with Crippen molar-refractivity contribution in [2.45, 2.75) is 65.1 Å². The molecule has 0 saturated carbocycles. The van der Waals surface area contributed by atoms with Crippen molar-refractivity contribution in [2.75, 3.05) is 13.1 Å². The molecular formula is C26H34FN5O3. The molecule has 1 aliphatic heterocycles. The number of aromatic nitrogens is 3. The van der Waals surface area contributed by atoms with Gasteiger partial charge in [-0.2, -0.15) is 5.10 Å². The predicted octanol–water partition coefficient (Wildman–Crippen LogP) is 4.88. The van der Waals surface area contributed by atoms with E-state index in [1.807, 2.05) is 42.0 Å².